The molecule has 0 N–H and O–H groups in total. The quantitative estimate of drug-likeness (QED) is 0.132. The molecular weight excluding hydrogens is 641 g/mol. The lowest BCUT2D eigenvalue weighted by Crippen LogP contribution is -1.92. The Labute approximate surface area is 335 Å². The molecule has 0 fully saturated rings. The highest BCUT2D eigenvalue weighted by molar-refractivity contribution is 6.31. The van der Waals surface area contributed by atoms with Gasteiger partial charge in [0.1, 0.15) is 11.2 Å². The molecule has 0 spiro atoms. The Morgan fingerprint density at radius 1 is 0.340 bits per heavy atom. The van der Waals surface area contributed by atoms with Gasteiger partial charge in [0.25, 0.3) is 0 Å². The van der Waals surface area contributed by atoms with Gasteiger partial charge in [-0.25, -0.2) is 0 Å². The molecule has 1 heterocycles. The van der Waals surface area contributed by atoms with E-state index in [9.17, 15) is 8.22 Å². The number of hydrogen-bond donors (Lipinski definition) is 0. The molecule has 0 unspecified atom stereocenters. The molecule has 1 heteroatoms. The van der Waals surface area contributed by atoms with Gasteiger partial charge in [0, 0.05) is 16.2 Å². The zero-order valence-corrected chi connectivity index (χ0v) is 27.3. The van der Waals surface area contributed by atoms with E-state index in [0.29, 0.717) is 21.9 Å². The maximum absolute atomic E-state index is 9.97. The Morgan fingerprint density at radius 2 is 0.811 bits per heavy atom. The summed E-state index contributed by atoms with van der Waals surface area (Å²) < 4.78 is 188. The van der Waals surface area contributed by atoms with Crippen molar-refractivity contribution in [3.63, 3.8) is 0 Å². The van der Waals surface area contributed by atoms with E-state index in [1.165, 1.54) is 0 Å². The number of rotatable bonds is 4. The molecule has 0 saturated heterocycles. The second-order valence-electron chi connectivity index (χ2n) is 12.5. The summed E-state index contributed by atoms with van der Waals surface area (Å²) in [6, 6.07) is 5.45. The van der Waals surface area contributed by atoms with E-state index in [4.69, 9.17) is 23.6 Å². The molecule has 53 heavy (non-hydrogen) atoms. The SMILES string of the molecule is [2H]c1c([2H])c([2H])c(-c2cc(-c3c([2H])c([2H])c([2H])c([2H])c3[2H])c([2H])c(-c3c4c([2H])c([2H])c([2H])c([2H])c4c(-c4ccc5oc6c7ccccc7c7ccccc7c6c5c4)c4c([2H])c([2H])c([2H])c([2H])c34)c2[2H])c([2H])c1[2H]. The van der Waals surface area contributed by atoms with Crippen molar-refractivity contribution in [3.8, 4) is 44.5 Å². The van der Waals surface area contributed by atoms with E-state index in [-0.39, 0.29) is 21.9 Å². The molecule has 11 aromatic rings. The minimum absolute atomic E-state index is 0.0835. The first-order valence-electron chi connectivity index (χ1n) is 26.6. The molecule has 11 rings (SSSR count). The van der Waals surface area contributed by atoms with Crippen LogP contribution in [0.3, 0.4) is 0 Å². The summed E-state index contributed by atoms with van der Waals surface area (Å²) in [5.74, 6) is 0. The van der Waals surface area contributed by atoms with Crippen LogP contribution in [-0.2, 0) is 0 Å². The van der Waals surface area contributed by atoms with Crippen molar-refractivity contribution < 1.29 is 31.8 Å². The predicted molar refractivity (Wildman–Crippen MR) is 225 cm³/mol. The highest BCUT2D eigenvalue weighted by Gasteiger charge is 2.20. The zero-order valence-electron chi connectivity index (χ0n) is 47.3. The van der Waals surface area contributed by atoms with Crippen LogP contribution in [0, 0.1) is 0 Å². The Kier molecular flexibility index (Phi) is 3.60. The molecule has 246 valence electrons. The molecule has 0 amide bonds. The van der Waals surface area contributed by atoms with Gasteiger partial charge < -0.3 is 4.42 Å². The molecule has 10 aromatic carbocycles. The molecule has 0 aliphatic rings. The number of hydrogen-bond acceptors (Lipinski definition) is 1. The Hall–Kier alpha value is -6.96. The van der Waals surface area contributed by atoms with Crippen LogP contribution in [0.15, 0.2) is 198 Å². The lowest BCUT2D eigenvalue weighted by Gasteiger charge is -2.19. The minimum Gasteiger partial charge on any atom is -0.455 e. The number of furan rings is 1. The van der Waals surface area contributed by atoms with Crippen LogP contribution < -0.4 is 0 Å². The average molecular weight is 693 g/mol. The zero-order chi connectivity index (χ0) is 52.3. The third-order valence-corrected chi connectivity index (χ3v) is 9.61. The second-order valence-corrected chi connectivity index (χ2v) is 12.5. The molecule has 0 atom stereocenters. The molecule has 1 aromatic heterocycles. The molecular formula is C52H32O. The van der Waals surface area contributed by atoms with Gasteiger partial charge in [-0.2, -0.15) is 0 Å². The first kappa shape index (κ1) is 16.2. The van der Waals surface area contributed by atoms with Crippen molar-refractivity contribution in [2.45, 2.75) is 0 Å². The predicted octanol–water partition coefficient (Wildman–Crippen LogP) is 14.9. The smallest absolute Gasteiger partial charge is 0.143 e. The van der Waals surface area contributed by atoms with Gasteiger partial charge in [-0.1, -0.05) is 163 Å². The van der Waals surface area contributed by atoms with E-state index in [1.807, 2.05) is 48.5 Å². The monoisotopic (exact) mass is 692 g/mol. The van der Waals surface area contributed by atoms with Crippen molar-refractivity contribution >= 4 is 65.0 Å². The second kappa shape index (κ2) is 11.8. The van der Waals surface area contributed by atoms with Gasteiger partial charge in [0.2, 0.25) is 0 Å². The fourth-order valence-electron chi connectivity index (χ4n) is 7.41. The largest absolute Gasteiger partial charge is 0.455 e. The Morgan fingerprint density at radius 3 is 1.38 bits per heavy atom. The van der Waals surface area contributed by atoms with Gasteiger partial charge in [-0.05, 0) is 112 Å². The minimum atomic E-state index is -0.830. The van der Waals surface area contributed by atoms with Crippen molar-refractivity contribution in [1.29, 1.82) is 0 Å². The number of benzene rings is 10. The molecule has 0 aliphatic carbocycles. The van der Waals surface area contributed by atoms with Gasteiger partial charge in [-0.3, -0.25) is 0 Å². The summed E-state index contributed by atoms with van der Waals surface area (Å²) in [6.45, 7) is 0. The topological polar surface area (TPSA) is 13.1 Å². The first-order chi connectivity index (χ1) is 34.6. The molecule has 0 saturated carbocycles. The van der Waals surface area contributed by atoms with Crippen LogP contribution >= 0.6 is 0 Å². The molecule has 0 radical (unpaired) electrons. The van der Waals surface area contributed by atoms with Crippen LogP contribution in [0.1, 0.15) is 27.4 Å². The molecule has 1 nitrogen and oxygen atoms in total. The highest BCUT2D eigenvalue weighted by Crippen LogP contribution is 2.47. The van der Waals surface area contributed by atoms with Crippen molar-refractivity contribution in [3.05, 3.63) is 194 Å². The molecule has 0 bridgehead atoms. The fraction of sp³-hybridized carbons (Fsp3) is 0. The standard InChI is InChI=1S/C52H32O/c1-3-15-33(16-4-1)36-29-37(34-17-5-2-6-18-34)31-38(30-36)50-44-24-12-10-22-42(44)49(43-23-11-13-25-45(43)50)35-27-28-48-47(32-35)51-41-21-9-7-19-39(41)40-20-8-14-26-46(40)52(51)53-48/h1-32H/i1D,2D,3D,4D,5D,6D,10D,11D,12D,13D,15D,16D,17D,18D,22D,23D,24D,25D,30D,31D. The lowest BCUT2D eigenvalue weighted by molar-refractivity contribution is 0.673. The van der Waals surface area contributed by atoms with Gasteiger partial charge in [0.15, 0.2) is 0 Å². The fourth-order valence-corrected chi connectivity index (χ4v) is 7.41. The summed E-state index contributed by atoms with van der Waals surface area (Å²) >= 11 is 0. The lowest BCUT2D eigenvalue weighted by atomic mass is 9.84. The first-order valence-corrected chi connectivity index (χ1v) is 16.6. The van der Waals surface area contributed by atoms with E-state index < -0.39 is 165 Å². The number of fused-ring (bicyclic) bond motifs is 10. The van der Waals surface area contributed by atoms with Gasteiger partial charge in [-0.15, -0.1) is 0 Å². The summed E-state index contributed by atoms with van der Waals surface area (Å²) in [5.41, 5.74) is -2.37. The highest BCUT2D eigenvalue weighted by atomic mass is 16.3. The van der Waals surface area contributed by atoms with E-state index in [2.05, 4.69) is 0 Å². The van der Waals surface area contributed by atoms with Crippen LogP contribution in [0.2, 0.25) is 0 Å². The average Bonchev–Trinajstić information content (AvgIpc) is 3.78. The van der Waals surface area contributed by atoms with Crippen molar-refractivity contribution in [2.75, 3.05) is 0 Å². The van der Waals surface area contributed by atoms with Crippen LogP contribution in [0.25, 0.3) is 110 Å². The maximum Gasteiger partial charge on any atom is 0.143 e. The Bertz CT molecular complexity index is 4160. The van der Waals surface area contributed by atoms with E-state index in [0.717, 1.165) is 27.6 Å². The van der Waals surface area contributed by atoms with Crippen molar-refractivity contribution in [1.82, 2.24) is 0 Å². The summed E-state index contributed by atoms with van der Waals surface area (Å²) in [7, 11) is 0. The Balaban J connectivity index is 1.40. The summed E-state index contributed by atoms with van der Waals surface area (Å²) in [6.07, 6.45) is 0. The van der Waals surface area contributed by atoms with Crippen LogP contribution in [0.4, 0.5) is 0 Å². The van der Waals surface area contributed by atoms with E-state index in [1.54, 1.807) is 18.2 Å². The van der Waals surface area contributed by atoms with Crippen LogP contribution in [0.5, 0.6) is 0 Å². The maximum atomic E-state index is 9.97. The van der Waals surface area contributed by atoms with Gasteiger partial charge >= 0.3 is 0 Å². The summed E-state index contributed by atoms with van der Waals surface area (Å²) in [4.78, 5) is 0. The van der Waals surface area contributed by atoms with Crippen molar-refractivity contribution in [2.24, 2.45) is 0 Å². The third kappa shape index (κ3) is 4.64. The van der Waals surface area contributed by atoms with Gasteiger partial charge in [0.05, 0.1) is 27.4 Å². The summed E-state index contributed by atoms with van der Waals surface area (Å²) in [5, 5.41) is 3.21. The van der Waals surface area contributed by atoms with Crippen LogP contribution in [-0.4, -0.2) is 0 Å². The van der Waals surface area contributed by atoms with E-state index >= 15 is 0 Å². The normalized spacial score (nSPS) is 17.1. The third-order valence-electron chi connectivity index (χ3n) is 9.61. The molecule has 0 aliphatic heterocycles.